The Kier molecular flexibility index (Phi) is 5.32. The van der Waals surface area contributed by atoms with E-state index in [9.17, 15) is 9.59 Å². The lowest BCUT2D eigenvalue weighted by Gasteiger charge is -2.17. The van der Waals surface area contributed by atoms with Gasteiger partial charge in [-0.3, -0.25) is 9.59 Å². The standard InChI is InChI=1S/C19H19ClN2O4/c1-25-16-10-14(17(26-2)9-13(16)20)21-18(23)11-19(24)22-8-7-12-5-3-4-6-15(12)22/h3-6,9-10H,7-8,11H2,1-2H3,(H,21,23). The highest BCUT2D eigenvalue weighted by Crippen LogP contribution is 2.36. The Morgan fingerprint density at radius 3 is 2.62 bits per heavy atom. The highest BCUT2D eigenvalue weighted by Gasteiger charge is 2.26. The molecular weight excluding hydrogens is 356 g/mol. The molecule has 1 N–H and O–H groups in total. The minimum absolute atomic E-state index is 0.243. The van der Waals surface area contributed by atoms with Gasteiger partial charge in [0.1, 0.15) is 17.9 Å². The van der Waals surface area contributed by atoms with Gasteiger partial charge in [0, 0.05) is 24.4 Å². The van der Waals surface area contributed by atoms with Gasteiger partial charge in [0.25, 0.3) is 0 Å². The van der Waals surface area contributed by atoms with Crippen LogP contribution in [0.3, 0.4) is 0 Å². The normalized spacial score (nSPS) is 12.5. The monoisotopic (exact) mass is 374 g/mol. The lowest BCUT2D eigenvalue weighted by Crippen LogP contribution is -2.32. The van der Waals surface area contributed by atoms with Crippen molar-refractivity contribution < 1.29 is 19.1 Å². The molecule has 0 fully saturated rings. The number of carbonyl (C=O) groups is 2. The molecule has 0 radical (unpaired) electrons. The summed E-state index contributed by atoms with van der Waals surface area (Å²) in [5, 5.41) is 3.06. The fraction of sp³-hybridized carbons (Fsp3) is 0.263. The van der Waals surface area contributed by atoms with Crippen molar-refractivity contribution in [3.8, 4) is 11.5 Å². The number of amides is 2. The van der Waals surface area contributed by atoms with Crippen LogP contribution in [0.1, 0.15) is 12.0 Å². The van der Waals surface area contributed by atoms with Crippen molar-refractivity contribution in [3.63, 3.8) is 0 Å². The van der Waals surface area contributed by atoms with Gasteiger partial charge in [0.15, 0.2) is 0 Å². The van der Waals surface area contributed by atoms with Gasteiger partial charge >= 0.3 is 0 Å². The summed E-state index contributed by atoms with van der Waals surface area (Å²) < 4.78 is 10.4. The Labute approximate surface area is 156 Å². The van der Waals surface area contributed by atoms with E-state index in [1.54, 1.807) is 17.0 Å². The number of benzene rings is 2. The van der Waals surface area contributed by atoms with Crippen LogP contribution < -0.4 is 19.7 Å². The second-order valence-electron chi connectivity index (χ2n) is 5.84. The van der Waals surface area contributed by atoms with Crippen molar-refractivity contribution in [2.75, 3.05) is 31.0 Å². The summed E-state index contributed by atoms with van der Waals surface area (Å²) in [6, 6.07) is 10.8. The molecule has 0 aromatic heterocycles. The van der Waals surface area contributed by atoms with E-state index < -0.39 is 5.91 Å². The van der Waals surface area contributed by atoms with E-state index in [0.29, 0.717) is 28.8 Å². The van der Waals surface area contributed by atoms with E-state index in [0.717, 1.165) is 17.7 Å². The minimum Gasteiger partial charge on any atom is -0.495 e. The first-order chi connectivity index (χ1) is 12.5. The molecule has 3 rings (SSSR count). The first kappa shape index (κ1) is 18.1. The van der Waals surface area contributed by atoms with E-state index in [2.05, 4.69) is 5.32 Å². The molecule has 7 heteroatoms. The maximum atomic E-state index is 12.5. The number of nitrogens with zero attached hydrogens (tertiary/aromatic N) is 1. The quantitative estimate of drug-likeness (QED) is 0.815. The Morgan fingerprint density at radius 2 is 1.88 bits per heavy atom. The van der Waals surface area contributed by atoms with Crippen molar-refractivity contribution in [1.29, 1.82) is 0 Å². The Balaban J connectivity index is 1.71. The van der Waals surface area contributed by atoms with E-state index in [1.165, 1.54) is 14.2 Å². The van der Waals surface area contributed by atoms with Crippen molar-refractivity contribution in [2.24, 2.45) is 0 Å². The van der Waals surface area contributed by atoms with Crippen LogP contribution in [0.4, 0.5) is 11.4 Å². The molecular formula is C19H19ClN2O4. The third kappa shape index (κ3) is 3.60. The first-order valence-corrected chi connectivity index (χ1v) is 8.51. The van der Waals surface area contributed by atoms with Crippen molar-refractivity contribution >= 4 is 34.8 Å². The average molecular weight is 375 g/mol. The molecule has 0 spiro atoms. The van der Waals surface area contributed by atoms with Gasteiger partial charge in [-0.25, -0.2) is 0 Å². The predicted molar refractivity (Wildman–Crippen MR) is 100 cm³/mol. The van der Waals surface area contributed by atoms with Gasteiger partial charge in [-0.1, -0.05) is 29.8 Å². The average Bonchev–Trinajstić information content (AvgIpc) is 3.07. The van der Waals surface area contributed by atoms with Gasteiger partial charge in [-0.2, -0.15) is 0 Å². The Hall–Kier alpha value is -2.73. The number of nitrogens with one attached hydrogen (secondary N) is 1. The van der Waals surface area contributed by atoms with Crippen LogP contribution in [-0.2, 0) is 16.0 Å². The molecule has 0 unspecified atom stereocenters. The van der Waals surface area contributed by atoms with Crippen LogP contribution in [-0.4, -0.2) is 32.6 Å². The Morgan fingerprint density at radius 1 is 1.15 bits per heavy atom. The minimum atomic E-state index is -0.429. The molecule has 0 saturated carbocycles. The molecule has 1 aliphatic heterocycles. The van der Waals surface area contributed by atoms with E-state index >= 15 is 0 Å². The molecule has 6 nitrogen and oxygen atoms in total. The predicted octanol–water partition coefficient (Wildman–Crippen LogP) is 3.28. The summed E-state index contributed by atoms with van der Waals surface area (Å²) in [4.78, 5) is 26.5. The lowest BCUT2D eigenvalue weighted by molar-refractivity contribution is -0.125. The molecule has 1 aliphatic rings. The van der Waals surface area contributed by atoms with Crippen LogP contribution >= 0.6 is 11.6 Å². The maximum Gasteiger partial charge on any atom is 0.236 e. The Bertz CT molecular complexity index is 853. The van der Waals surface area contributed by atoms with Crippen LogP contribution in [0.2, 0.25) is 5.02 Å². The zero-order valence-electron chi connectivity index (χ0n) is 14.5. The van der Waals surface area contributed by atoms with E-state index in [4.69, 9.17) is 21.1 Å². The first-order valence-electron chi connectivity index (χ1n) is 8.13. The van der Waals surface area contributed by atoms with E-state index in [-0.39, 0.29) is 12.3 Å². The van der Waals surface area contributed by atoms with Crippen molar-refractivity contribution in [1.82, 2.24) is 0 Å². The number of carbonyl (C=O) groups excluding carboxylic acids is 2. The molecule has 2 aromatic carbocycles. The summed E-state index contributed by atoms with van der Waals surface area (Å²) >= 11 is 6.06. The summed E-state index contributed by atoms with van der Waals surface area (Å²) in [6.07, 6.45) is 0.536. The van der Waals surface area contributed by atoms with Crippen LogP contribution in [0.5, 0.6) is 11.5 Å². The van der Waals surface area contributed by atoms with Gasteiger partial charge < -0.3 is 19.7 Å². The second-order valence-corrected chi connectivity index (χ2v) is 6.24. The highest BCUT2D eigenvalue weighted by atomic mass is 35.5. The van der Waals surface area contributed by atoms with Crippen LogP contribution in [0.25, 0.3) is 0 Å². The third-order valence-electron chi connectivity index (χ3n) is 4.25. The van der Waals surface area contributed by atoms with Gasteiger partial charge in [-0.15, -0.1) is 0 Å². The lowest BCUT2D eigenvalue weighted by atomic mass is 10.2. The van der Waals surface area contributed by atoms with Gasteiger partial charge in [0.05, 0.1) is 24.9 Å². The second kappa shape index (κ2) is 7.66. The third-order valence-corrected chi connectivity index (χ3v) is 4.54. The number of para-hydroxylation sites is 1. The molecule has 2 aromatic rings. The summed E-state index contributed by atoms with van der Waals surface area (Å²) in [5.74, 6) is 0.125. The van der Waals surface area contributed by atoms with Gasteiger partial charge in [-0.05, 0) is 18.1 Å². The summed E-state index contributed by atoms with van der Waals surface area (Å²) in [5.41, 5.74) is 2.38. The molecule has 0 saturated heterocycles. The molecule has 0 atom stereocenters. The van der Waals surface area contributed by atoms with Crippen LogP contribution in [0.15, 0.2) is 36.4 Å². The zero-order valence-corrected chi connectivity index (χ0v) is 15.3. The number of hydrogen-bond acceptors (Lipinski definition) is 4. The van der Waals surface area contributed by atoms with E-state index in [1.807, 2.05) is 24.3 Å². The molecule has 0 aliphatic carbocycles. The molecule has 2 amide bonds. The number of anilines is 2. The summed E-state index contributed by atoms with van der Waals surface area (Å²) in [7, 11) is 2.95. The smallest absolute Gasteiger partial charge is 0.236 e. The summed E-state index contributed by atoms with van der Waals surface area (Å²) in [6.45, 7) is 0.587. The number of methoxy groups -OCH3 is 2. The number of rotatable bonds is 5. The van der Waals surface area contributed by atoms with Crippen LogP contribution in [0, 0.1) is 0 Å². The SMILES string of the molecule is COc1cc(NC(=O)CC(=O)N2CCc3ccccc32)c(OC)cc1Cl. The molecule has 136 valence electrons. The molecule has 0 bridgehead atoms. The largest absolute Gasteiger partial charge is 0.495 e. The number of hydrogen-bond donors (Lipinski definition) is 1. The van der Waals surface area contributed by atoms with Crippen molar-refractivity contribution in [2.45, 2.75) is 12.8 Å². The highest BCUT2D eigenvalue weighted by molar-refractivity contribution is 6.32. The number of halogens is 1. The molecule has 1 heterocycles. The number of fused-ring (bicyclic) bond motifs is 1. The fourth-order valence-corrected chi connectivity index (χ4v) is 3.21. The fourth-order valence-electron chi connectivity index (χ4n) is 2.98. The van der Waals surface area contributed by atoms with Crippen molar-refractivity contribution in [3.05, 3.63) is 47.0 Å². The maximum absolute atomic E-state index is 12.5. The van der Waals surface area contributed by atoms with Gasteiger partial charge in [0.2, 0.25) is 11.8 Å². The topological polar surface area (TPSA) is 67.9 Å². The number of ether oxygens (including phenoxy) is 2. The molecule has 26 heavy (non-hydrogen) atoms. The zero-order chi connectivity index (χ0) is 18.7.